The van der Waals surface area contributed by atoms with E-state index in [0.717, 1.165) is 18.2 Å². The van der Waals surface area contributed by atoms with Crippen LogP contribution in [0.15, 0.2) is 36.4 Å². The first kappa shape index (κ1) is 16.4. The Morgan fingerprint density at radius 1 is 1.05 bits per heavy atom. The molecule has 2 aromatic rings. The third-order valence-corrected chi connectivity index (χ3v) is 3.18. The van der Waals surface area contributed by atoms with Crippen molar-refractivity contribution in [2.75, 3.05) is 0 Å². The number of alkyl halides is 3. The molecule has 0 aromatic heterocycles. The van der Waals surface area contributed by atoms with Gasteiger partial charge in [-0.05, 0) is 30.3 Å². The summed E-state index contributed by atoms with van der Waals surface area (Å²) in [5.41, 5.74) is -0.411. The summed E-state index contributed by atoms with van der Waals surface area (Å²) in [5, 5.41) is 11.4. The molecular formula is C13H6Cl2F3NO3. The highest BCUT2D eigenvalue weighted by Crippen LogP contribution is 2.39. The van der Waals surface area contributed by atoms with E-state index >= 15 is 0 Å². The third-order valence-electron chi connectivity index (χ3n) is 2.62. The SMILES string of the molecule is O=[N+]([O-])c1ccc(OC(F)(F)F)cc1-c1cc(Cl)ccc1Cl. The molecule has 0 unspecified atom stereocenters. The second kappa shape index (κ2) is 6.02. The van der Waals surface area contributed by atoms with Crippen molar-refractivity contribution < 1.29 is 22.8 Å². The number of nitro benzene ring substituents is 1. The molecule has 0 aliphatic rings. The second-order valence-electron chi connectivity index (χ2n) is 4.11. The van der Waals surface area contributed by atoms with Crippen molar-refractivity contribution in [3.8, 4) is 16.9 Å². The Bertz CT molecular complexity index is 735. The molecule has 22 heavy (non-hydrogen) atoms. The van der Waals surface area contributed by atoms with Crippen LogP contribution in [0.5, 0.6) is 5.75 Å². The largest absolute Gasteiger partial charge is 0.573 e. The van der Waals surface area contributed by atoms with E-state index < -0.39 is 22.7 Å². The zero-order chi connectivity index (χ0) is 16.5. The van der Waals surface area contributed by atoms with Crippen LogP contribution in [0.4, 0.5) is 18.9 Å². The monoisotopic (exact) mass is 351 g/mol. The first-order valence-electron chi connectivity index (χ1n) is 5.67. The Morgan fingerprint density at radius 2 is 1.73 bits per heavy atom. The Morgan fingerprint density at radius 3 is 2.32 bits per heavy atom. The van der Waals surface area contributed by atoms with Crippen LogP contribution < -0.4 is 4.74 Å². The van der Waals surface area contributed by atoms with E-state index in [1.165, 1.54) is 18.2 Å². The lowest BCUT2D eigenvalue weighted by molar-refractivity contribution is -0.384. The van der Waals surface area contributed by atoms with E-state index in [4.69, 9.17) is 23.2 Å². The molecule has 0 saturated carbocycles. The van der Waals surface area contributed by atoms with Gasteiger partial charge in [0.25, 0.3) is 5.69 Å². The lowest BCUT2D eigenvalue weighted by atomic mass is 10.0. The normalized spacial score (nSPS) is 11.3. The van der Waals surface area contributed by atoms with Crippen LogP contribution in [0, 0.1) is 10.1 Å². The Hall–Kier alpha value is -1.99. The minimum atomic E-state index is -4.91. The third kappa shape index (κ3) is 3.80. The summed E-state index contributed by atoms with van der Waals surface area (Å²) >= 11 is 11.8. The Kier molecular flexibility index (Phi) is 4.48. The summed E-state index contributed by atoms with van der Waals surface area (Å²) in [7, 11) is 0. The summed E-state index contributed by atoms with van der Waals surface area (Å²) < 4.78 is 40.6. The maximum atomic E-state index is 12.3. The average Bonchev–Trinajstić information content (AvgIpc) is 2.39. The minimum absolute atomic E-state index is 0.108. The first-order chi connectivity index (χ1) is 10.2. The van der Waals surface area contributed by atoms with Crippen LogP contribution in [0.3, 0.4) is 0 Å². The van der Waals surface area contributed by atoms with E-state index in [2.05, 4.69) is 4.74 Å². The van der Waals surface area contributed by atoms with E-state index in [0.29, 0.717) is 0 Å². The topological polar surface area (TPSA) is 52.4 Å². The molecular weight excluding hydrogens is 346 g/mol. The van der Waals surface area contributed by atoms with Gasteiger partial charge in [0.15, 0.2) is 0 Å². The molecule has 0 aliphatic carbocycles. The number of nitro groups is 1. The van der Waals surface area contributed by atoms with Crippen molar-refractivity contribution >= 4 is 28.9 Å². The van der Waals surface area contributed by atoms with Crippen LogP contribution in [-0.2, 0) is 0 Å². The van der Waals surface area contributed by atoms with Crippen molar-refractivity contribution in [2.24, 2.45) is 0 Å². The lowest BCUT2D eigenvalue weighted by Gasteiger charge is -2.11. The fraction of sp³-hybridized carbons (Fsp3) is 0.0769. The van der Waals surface area contributed by atoms with Gasteiger partial charge in [-0.2, -0.15) is 0 Å². The smallest absolute Gasteiger partial charge is 0.406 e. The lowest BCUT2D eigenvalue weighted by Crippen LogP contribution is -2.17. The maximum absolute atomic E-state index is 12.3. The van der Waals surface area contributed by atoms with Gasteiger partial charge in [0.05, 0.1) is 10.5 Å². The van der Waals surface area contributed by atoms with E-state index in [1.54, 1.807) is 0 Å². The van der Waals surface area contributed by atoms with Crippen LogP contribution in [0.2, 0.25) is 10.0 Å². The van der Waals surface area contributed by atoms with Gasteiger partial charge in [-0.3, -0.25) is 10.1 Å². The van der Waals surface area contributed by atoms with Crippen molar-refractivity contribution in [3.63, 3.8) is 0 Å². The van der Waals surface area contributed by atoms with Crippen LogP contribution >= 0.6 is 23.2 Å². The molecule has 0 amide bonds. The zero-order valence-corrected chi connectivity index (χ0v) is 12.0. The van der Waals surface area contributed by atoms with Crippen LogP contribution in [-0.4, -0.2) is 11.3 Å². The number of hydrogen-bond donors (Lipinski definition) is 0. The molecule has 2 aromatic carbocycles. The van der Waals surface area contributed by atoms with Crippen LogP contribution in [0.1, 0.15) is 0 Å². The summed E-state index contributed by atoms with van der Waals surface area (Å²) in [5.74, 6) is -0.593. The van der Waals surface area contributed by atoms with Gasteiger partial charge in [0.1, 0.15) is 5.75 Å². The molecule has 0 heterocycles. The highest BCUT2D eigenvalue weighted by atomic mass is 35.5. The van der Waals surface area contributed by atoms with Crippen molar-refractivity contribution in [2.45, 2.75) is 6.36 Å². The van der Waals surface area contributed by atoms with Gasteiger partial charge in [-0.1, -0.05) is 23.2 Å². The van der Waals surface area contributed by atoms with E-state index in [9.17, 15) is 23.3 Å². The molecule has 2 rings (SSSR count). The van der Waals surface area contributed by atoms with Crippen molar-refractivity contribution in [3.05, 3.63) is 56.6 Å². The van der Waals surface area contributed by atoms with E-state index in [-0.39, 0.29) is 21.2 Å². The van der Waals surface area contributed by atoms with Gasteiger partial charge in [-0.25, -0.2) is 0 Å². The minimum Gasteiger partial charge on any atom is -0.406 e. The highest BCUT2D eigenvalue weighted by molar-refractivity contribution is 6.35. The fourth-order valence-electron chi connectivity index (χ4n) is 1.79. The predicted octanol–water partition coefficient (Wildman–Crippen LogP) is 5.47. The summed E-state index contributed by atoms with van der Waals surface area (Å²) in [6, 6.07) is 6.82. The Labute approximate surface area is 132 Å². The first-order valence-corrected chi connectivity index (χ1v) is 6.42. The molecule has 4 nitrogen and oxygen atoms in total. The standard InChI is InChI=1S/C13H6Cl2F3NO3/c14-7-1-3-11(15)9(5-7)10-6-8(22-13(16,17)18)2-4-12(10)19(20)21/h1-6H. The van der Waals surface area contributed by atoms with Gasteiger partial charge in [0.2, 0.25) is 0 Å². The maximum Gasteiger partial charge on any atom is 0.573 e. The quantitative estimate of drug-likeness (QED) is 0.544. The van der Waals surface area contributed by atoms with Gasteiger partial charge in [-0.15, -0.1) is 13.2 Å². The average molecular weight is 352 g/mol. The highest BCUT2D eigenvalue weighted by Gasteiger charge is 2.32. The number of hydrogen-bond acceptors (Lipinski definition) is 3. The number of ether oxygens (including phenoxy) is 1. The Balaban J connectivity index is 2.62. The number of rotatable bonds is 3. The zero-order valence-electron chi connectivity index (χ0n) is 10.5. The van der Waals surface area contributed by atoms with Gasteiger partial charge in [0, 0.05) is 21.7 Å². The number of benzene rings is 2. The molecule has 0 bridgehead atoms. The van der Waals surface area contributed by atoms with Crippen molar-refractivity contribution in [1.29, 1.82) is 0 Å². The molecule has 0 radical (unpaired) electrons. The molecule has 0 aliphatic heterocycles. The summed E-state index contributed by atoms with van der Waals surface area (Å²) in [6.07, 6.45) is -4.91. The molecule has 0 atom stereocenters. The predicted molar refractivity (Wildman–Crippen MR) is 75.2 cm³/mol. The fourth-order valence-corrected chi connectivity index (χ4v) is 2.18. The molecule has 0 N–H and O–H groups in total. The molecule has 0 fully saturated rings. The van der Waals surface area contributed by atoms with Gasteiger partial charge >= 0.3 is 6.36 Å². The second-order valence-corrected chi connectivity index (χ2v) is 4.95. The number of nitrogens with zero attached hydrogens (tertiary/aromatic N) is 1. The van der Waals surface area contributed by atoms with Crippen molar-refractivity contribution in [1.82, 2.24) is 0 Å². The van der Waals surface area contributed by atoms with E-state index in [1.807, 2.05) is 0 Å². The number of halogens is 5. The van der Waals surface area contributed by atoms with Gasteiger partial charge < -0.3 is 4.74 Å². The summed E-state index contributed by atoms with van der Waals surface area (Å²) in [4.78, 5) is 10.3. The molecule has 0 spiro atoms. The molecule has 116 valence electrons. The summed E-state index contributed by atoms with van der Waals surface area (Å²) in [6.45, 7) is 0. The molecule has 0 saturated heterocycles. The van der Waals surface area contributed by atoms with Crippen LogP contribution in [0.25, 0.3) is 11.1 Å². The molecule has 9 heteroatoms.